The Bertz CT molecular complexity index is 781. The summed E-state index contributed by atoms with van der Waals surface area (Å²) in [7, 11) is 0. The van der Waals surface area contributed by atoms with E-state index in [0.29, 0.717) is 12.5 Å². The number of unbranched alkanes of at least 4 members (excludes halogenated alkanes) is 4. The molecular formula is C26H42ClN3O2. The van der Waals surface area contributed by atoms with E-state index in [0.717, 1.165) is 54.0 Å². The molecule has 0 aliphatic rings. The molecule has 32 heavy (non-hydrogen) atoms. The molecule has 1 aromatic carbocycles. The SMILES string of the molecule is CCCCCCCC(=O)O.CCN(CC)CCCC(C)Nc1ccnc2cc(Cl)ccc12. The molecule has 2 N–H and O–H groups in total. The van der Waals surface area contributed by atoms with Gasteiger partial charge in [-0.1, -0.05) is 58.1 Å². The lowest BCUT2D eigenvalue weighted by molar-refractivity contribution is -0.137. The lowest BCUT2D eigenvalue weighted by atomic mass is 10.1. The minimum Gasteiger partial charge on any atom is -0.481 e. The van der Waals surface area contributed by atoms with Gasteiger partial charge in [0.25, 0.3) is 0 Å². The summed E-state index contributed by atoms with van der Waals surface area (Å²) in [5.74, 6) is -0.670. The molecule has 1 heterocycles. The highest BCUT2D eigenvalue weighted by molar-refractivity contribution is 6.31. The number of carboxylic acids is 1. The number of nitrogens with zero attached hydrogens (tertiary/aromatic N) is 2. The van der Waals surface area contributed by atoms with Gasteiger partial charge in [0, 0.05) is 34.8 Å². The Morgan fingerprint density at radius 2 is 1.81 bits per heavy atom. The number of hydrogen-bond acceptors (Lipinski definition) is 4. The number of nitrogens with one attached hydrogen (secondary N) is 1. The maximum atomic E-state index is 10.0. The fourth-order valence-corrected chi connectivity index (χ4v) is 3.79. The van der Waals surface area contributed by atoms with Crippen molar-refractivity contribution < 1.29 is 9.90 Å². The number of benzene rings is 1. The van der Waals surface area contributed by atoms with E-state index in [4.69, 9.17) is 16.7 Å². The number of hydrogen-bond donors (Lipinski definition) is 2. The van der Waals surface area contributed by atoms with Gasteiger partial charge < -0.3 is 15.3 Å². The quantitative estimate of drug-likeness (QED) is 0.289. The lowest BCUT2D eigenvalue weighted by Gasteiger charge is -2.20. The van der Waals surface area contributed by atoms with Gasteiger partial charge in [0.05, 0.1) is 5.52 Å². The molecule has 0 bridgehead atoms. The molecule has 1 unspecified atom stereocenters. The van der Waals surface area contributed by atoms with Crippen LogP contribution in [0.1, 0.15) is 79.1 Å². The maximum Gasteiger partial charge on any atom is 0.303 e. The van der Waals surface area contributed by atoms with E-state index in [1.165, 1.54) is 32.2 Å². The minimum absolute atomic E-state index is 0.337. The van der Waals surface area contributed by atoms with Gasteiger partial charge in [-0.3, -0.25) is 9.78 Å². The molecule has 1 aromatic heterocycles. The van der Waals surface area contributed by atoms with Gasteiger partial charge in [0.15, 0.2) is 0 Å². The Hall–Kier alpha value is -1.85. The van der Waals surface area contributed by atoms with E-state index in [1.807, 2.05) is 30.5 Å². The third kappa shape index (κ3) is 11.7. The number of carbonyl (C=O) groups is 1. The molecular weight excluding hydrogens is 422 g/mol. The smallest absolute Gasteiger partial charge is 0.303 e. The summed E-state index contributed by atoms with van der Waals surface area (Å²) in [6, 6.07) is 8.35. The van der Waals surface area contributed by atoms with Crippen LogP contribution in [0.25, 0.3) is 10.9 Å². The number of pyridine rings is 1. The second kappa shape index (κ2) is 16.7. The monoisotopic (exact) mass is 463 g/mol. The summed E-state index contributed by atoms with van der Waals surface area (Å²) >= 11 is 6.04. The third-order valence-electron chi connectivity index (χ3n) is 5.61. The zero-order valence-corrected chi connectivity index (χ0v) is 21.1. The van der Waals surface area contributed by atoms with Crippen molar-refractivity contribution in [1.82, 2.24) is 9.88 Å². The van der Waals surface area contributed by atoms with Crippen LogP contribution in [0.15, 0.2) is 30.5 Å². The van der Waals surface area contributed by atoms with Crippen LogP contribution in [-0.2, 0) is 4.79 Å². The van der Waals surface area contributed by atoms with Crippen molar-refractivity contribution in [2.75, 3.05) is 25.0 Å². The zero-order valence-electron chi connectivity index (χ0n) is 20.4. The van der Waals surface area contributed by atoms with Crippen LogP contribution in [-0.4, -0.2) is 46.6 Å². The minimum atomic E-state index is -0.670. The van der Waals surface area contributed by atoms with Gasteiger partial charge in [-0.05, 0) is 70.1 Å². The highest BCUT2D eigenvalue weighted by Crippen LogP contribution is 2.25. The summed E-state index contributed by atoms with van der Waals surface area (Å²) in [6.07, 6.45) is 10.1. The number of halogens is 1. The number of aliphatic carboxylic acids is 1. The average Bonchev–Trinajstić information content (AvgIpc) is 2.77. The molecule has 6 heteroatoms. The summed E-state index contributed by atoms with van der Waals surface area (Å²) in [5, 5.41) is 13.7. The van der Waals surface area contributed by atoms with Crippen LogP contribution in [0.4, 0.5) is 5.69 Å². The fraction of sp³-hybridized carbons (Fsp3) is 0.615. The Labute approximate surface area is 199 Å². The van der Waals surface area contributed by atoms with Crippen LogP contribution in [0.5, 0.6) is 0 Å². The van der Waals surface area contributed by atoms with Crippen LogP contribution in [0.2, 0.25) is 5.02 Å². The van der Waals surface area contributed by atoms with Gasteiger partial charge in [-0.25, -0.2) is 0 Å². The molecule has 1 atom stereocenters. The van der Waals surface area contributed by atoms with E-state index in [9.17, 15) is 4.79 Å². The molecule has 180 valence electrons. The fourth-order valence-electron chi connectivity index (χ4n) is 3.63. The van der Waals surface area contributed by atoms with Crippen LogP contribution >= 0.6 is 11.6 Å². The van der Waals surface area contributed by atoms with Crippen molar-refractivity contribution in [3.8, 4) is 0 Å². The Kier molecular flexibility index (Phi) is 14.7. The second-order valence-electron chi connectivity index (χ2n) is 8.29. The number of fused-ring (bicyclic) bond motifs is 1. The molecule has 0 aliphatic carbocycles. The molecule has 0 saturated carbocycles. The van der Waals surface area contributed by atoms with Gasteiger partial charge in [-0.2, -0.15) is 0 Å². The van der Waals surface area contributed by atoms with E-state index >= 15 is 0 Å². The van der Waals surface area contributed by atoms with Crippen molar-refractivity contribution >= 4 is 34.2 Å². The first-order chi connectivity index (χ1) is 15.4. The van der Waals surface area contributed by atoms with Crippen LogP contribution in [0, 0.1) is 0 Å². The molecule has 0 aliphatic heterocycles. The molecule has 0 radical (unpaired) electrons. The molecule has 2 rings (SSSR count). The topological polar surface area (TPSA) is 65.5 Å². The number of anilines is 1. The Balaban J connectivity index is 0.000000433. The van der Waals surface area contributed by atoms with Gasteiger partial charge >= 0.3 is 5.97 Å². The normalized spacial score (nSPS) is 11.8. The largest absolute Gasteiger partial charge is 0.481 e. The number of aromatic nitrogens is 1. The highest BCUT2D eigenvalue weighted by atomic mass is 35.5. The number of rotatable bonds is 14. The predicted molar refractivity (Wildman–Crippen MR) is 138 cm³/mol. The lowest BCUT2D eigenvalue weighted by Crippen LogP contribution is -2.25. The molecule has 0 amide bonds. The predicted octanol–water partition coefficient (Wildman–Crippen LogP) is 7.24. The zero-order chi connectivity index (χ0) is 23.8. The Morgan fingerprint density at radius 3 is 2.47 bits per heavy atom. The molecule has 5 nitrogen and oxygen atoms in total. The van der Waals surface area contributed by atoms with E-state index in [1.54, 1.807) is 0 Å². The molecule has 2 aromatic rings. The van der Waals surface area contributed by atoms with Gasteiger partial charge in [0.2, 0.25) is 0 Å². The van der Waals surface area contributed by atoms with Crippen molar-refractivity contribution in [1.29, 1.82) is 0 Å². The van der Waals surface area contributed by atoms with Crippen molar-refractivity contribution in [3.05, 3.63) is 35.5 Å². The molecule has 0 fully saturated rings. The first-order valence-electron chi connectivity index (χ1n) is 12.2. The average molecular weight is 464 g/mol. The van der Waals surface area contributed by atoms with Crippen molar-refractivity contribution in [2.24, 2.45) is 0 Å². The maximum absolute atomic E-state index is 10.0. The summed E-state index contributed by atoms with van der Waals surface area (Å²) in [5.41, 5.74) is 2.07. The van der Waals surface area contributed by atoms with Gasteiger partial charge in [0.1, 0.15) is 0 Å². The van der Waals surface area contributed by atoms with Crippen molar-refractivity contribution in [2.45, 2.75) is 85.1 Å². The summed E-state index contributed by atoms with van der Waals surface area (Å²) in [4.78, 5) is 16.9. The summed E-state index contributed by atoms with van der Waals surface area (Å²) in [6.45, 7) is 12.3. The first kappa shape index (κ1) is 28.2. The first-order valence-corrected chi connectivity index (χ1v) is 12.5. The van der Waals surface area contributed by atoms with Crippen LogP contribution < -0.4 is 5.32 Å². The van der Waals surface area contributed by atoms with E-state index in [-0.39, 0.29) is 0 Å². The van der Waals surface area contributed by atoms with E-state index in [2.05, 4.69) is 42.9 Å². The third-order valence-corrected chi connectivity index (χ3v) is 5.84. The standard InChI is InChI=1S/C18H26ClN3.C8H16O2/c1-4-22(5-2)12-6-7-14(3)21-17-10-11-20-18-13-15(19)8-9-16(17)18;1-2-3-4-5-6-7-8(9)10/h8-11,13-14H,4-7,12H2,1-3H3,(H,20,21);2-7H2,1H3,(H,9,10). The molecule has 0 spiro atoms. The highest BCUT2D eigenvalue weighted by Gasteiger charge is 2.07. The van der Waals surface area contributed by atoms with E-state index < -0.39 is 5.97 Å². The molecule has 0 saturated heterocycles. The summed E-state index contributed by atoms with van der Waals surface area (Å²) < 4.78 is 0. The van der Waals surface area contributed by atoms with Crippen molar-refractivity contribution in [3.63, 3.8) is 0 Å². The van der Waals surface area contributed by atoms with Crippen LogP contribution in [0.3, 0.4) is 0 Å². The second-order valence-corrected chi connectivity index (χ2v) is 8.73. The Morgan fingerprint density at radius 1 is 1.09 bits per heavy atom. The number of carboxylic acid groups (broad SMARTS) is 1. The van der Waals surface area contributed by atoms with Gasteiger partial charge in [-0.15, -0.1) is 0 Å².